The normalized spacial score (nSPS) is 37.2. The summed E-state index contributed by atoms with van der Waals surface area (Å²) in [5, 5.41) is 3.55. The van der Waals surface area contributed by atoms with Crippen molar-refractivity contribution in [3.63, 3.8) is 0 Å². The lowest BCUT2D eigenvalue weighted by Gasteiger charge is -2.49. The van der Waals surface area contributed by atoms with Crippen molar-refractivity contribution in [2.75, 3.05) is 20.3 Å². The highest BCUT2D eigenvalue weighted by Crippen LogP contribution is 2.45. The van der Waals surface area contributed by atoms with Crippen LogP contribution in [0.25, 0.3) is 0 Å². The summed E-state index contributed by atoms with van der Waals surface area (Å²) in [7, 11) is 2.10. The van der Waals surface area contributed by atoms with Gasteiger partial charge in [-0.05, 0) is 64.3 Å². The van der Waals surface area contributed by atoms with Gasteiger partial charge >= 0.3 is 0 Å². The van der Waals surface area contributed by atoms with Crippen LogP contribution in [0.5, 0.6) is 0 Å². The van der Waals surface area contributed by atoms with Crippen LogP contribution in [0.2, 0.25) is 0 Å². The first-order valence-electron chi connectivity index (χ1n) is 7.76. The van der Waals surface area contributed by atoms with E-state index in [1.807, 2.05) is 0 Å². The lowest BCUT2D eigenvalue weighted by Crippen LogP contribution is -2.53. The van der Waals surface area contributed by atoms with Crippen LogP contribution in [0.1, 0.15) is 51.4 Å². The topological polar surface area (TPSA) is 30.5 Å². The first-order chi connectivity index (χ1) is 8.83. The van der Waals surface area contributed by atoms with Crippen molar-refractivity contribution < 1.29 is 9.47 Å². The van der Waals surface area contributed by atoms with Crippen molar-refractivity contribution in [2.24, 2.45) is 5.92 Å². The van der Waals surface area contributed by atoms with E-state index in [0.717, 1.165) is 19.1 Å². The Kier molecular flexibility index (Phi) is 3.92. The number of ether oxygens (including phenoxy) is 2. The van der Waals surface area contributed by atoms with E-state index in [2.05, 4.69) is 12.4 Å². The van der Waals surface area contributed by atoms with Crippen molar-refractivity contribution in [2.45, 2.75) is 69.1 Å². The highest BCUT2D eigenvalue weighted by Gasteiger charge is 2.45. The van der Waals surface area contributed by atoms with Crippen LogP contribution in [0.3, 0.4) is 0 Å². The summed E-state index contributed by atoms with van der Waals surface area (Å²) in [5.41, 5.74) is 0.257. The molecule has 0 aromatic heterocycles. The molecule has 3 heteroatoms. The van der Waals surface area contributed by atoms with E-state index in [-0.39, 0.29) is 5.60 Å². The van der Waals surface area contributed by atoms with Gasteiger partial charge in [-0.15, -0.1) is 0 Å². The van der Waals surface area contributed by atoms with Gasteiger partial charge in [-0.3, -0.25) is 0 Å². The van der Waals surface area contributed by atoms with E-state index in [1.165, 1.54) is 51.4 Å². The number of nitrogens with one attached hydrogen (secondary N) is 1. The number of likely N-dealkylation sites (N-methyl/N-ethyl adjacent to an activating group) is 1. The maximum atomic E-state index is 6.05. The molecule has 1 N–H and O–H groups in total. The molecule has 3 atom stereocenters. The Bertz CT molecular complexity index is 272. The Morgan fingerprint density at radius 1 is 1.11 bits per heavy atom. The molecule has 1 spiro atoms. The van der Waals surface area contributed by atoms with Gasteiger partial charge in [0.1, 0.15) is 0 Å². The zero-order valence-corrected chi connectivity index (χ0v) is 11.6. The van der Waals surface area contributed by atoms with Crippen LogP contribution in [-0.4, -0.2) is 38.0 Å². The highest BCUT2D eigenvalue weighted by atomic mass is 16.5. The van der Waals surface area contributed by atoms with Crippen molar-refractivity contribution in [1.82, 2.24) is 5.32 Å². The minimum Gasteiger partial charge on any atom is -0.377 e. The second-order valence-corrected chi connectivity index (χ2v) is 6.36. The van der Waals surface area contributed by atoms with Gasteiger partial charge < -0.3 is 14.8 Å². The first kappa shape index (κ1) is 12.9. The zero-order valence-electron chi connectivity index (χ0n) is 11.6. The minimum atomic E-state index is 0.257. The quantitative estimate of drug-likeness (QED) is 0.838. The fourth-order valence-corrected chi connectivity index (χ4v) is 4.07. The summed E-state index contributed by atoms with van der Waals surface area (Å²) in [6, 6.07) is 0.534. The van der Waals surface area contributed by atoms with Gasteiger partial charge in [0.2, 0.25) is 0 Å². The third-order valence-electron chi connectivity index (χ3n) is 5.25. The maximum Gasteiger partial charge on any atom is 0.0730 e. The second kappa shape index (κ2) is 5.48. The van der Waals surface area contributed by atoms with Gasteiger partial charge in [-0.25, -0.2) is 0 Å². The van der Waals surface area contributed by atoms with Crippen LogP contribution in [0.4, 0.5) is 0 Å². The molecule has 3 nitrogen and oxygen atoms in total. The SMILES string of the molecule is CNC(C1CCOC2(CCC2)C1)C1CCCCO1. The van der Waals surface area contributed by atoms with E-state index in [1.54, 1.807) is 0 Å². The smallest absolute Gasteiger partial charge is 0.0730 e. The van der Waals surface area contributed by atoms with Gasteiger partial charge in [0.15, 0.2) is 0 Å². The Morgan fingerprint density at radius 2 is 2.00 bits per heavy atom. The molecular formula is C15H27NO2. The standard InChI is InChI=1S/C15H27NO2/c1-16-14(13-5-2-3-9-17-13)12-6-10-18-15(11-12)7-4-8-15/h12-14,16H,2-11H2,1H3. The molecule has 0 bridgehead atoms. The lowest BCUT2D eigenvalue weighted by molar-refractivity contribution is -0.154. The Hall–Kier alpha value is -0.120. The fourth-order valence-electron chi connectivity index (χ4n) is 4.07. The minimum absolute atomic E-state index is 0.257. The maximum absolute atomic E-state index is 6.05. The molecule has 104 valence electrons. The molecule has 1 aliphatic carbocycles. The van der Waals surface area contributed by atoms with E-state index in [9.17, 15) is 0 Å². The molecule has 2 heterocycles. The summed E-state index contributed by atoms with van der Waals surface area (Å²) in [6.45, 7) is 1.91. The third-order valence-corrected chi connectivity index (χ3v) is 5.25. The summed E-state index contributed by atoms with van der Waals surface area (Å²) < 4.78 is 12.0. The van der Waals surface area contributed by atoms with Crippen molar-refractivity contribution in [3.05, 3.63) is 0 Å². The predicted molar refractivity (Wildman–Crippen MR) is 71.7 cm³/mol. The first-order valence-corrected chi connectivity index (χ1v) is 7.76. The van der Waals surface area contributed by atoms with Gasteiger partial charge in [0.05, 0.1) is 11.7 Å². The Balaban J connectivity index is 1.63. The monoisotopic (exact) mass is 253 g/mol. The van der Waals surface area contributed by atoms with E-state index in [0.29, 0.717) is 12.1 Å². The summed E-state index contributed by atoms with van der Waals surface area (Å²) in [4.78, 5) is 0. The molecule has 2 aliphatic heterocycles. The highest BCUT2D eigenvalue weighted by molar-refractivity contribution is 4.98. The van der Waals surface area contributed by atoms with Gasteiger partial charge in [0, 0.05) is 19.3 Å². The molecule has 3 fully saturated rings. The molecule has 0 aromatic rings. The zero-order chi connectivity index (χ0) is 12.4. The van der Waals surface area contributed by atoms with Crippen molar-refractivity contribution >= 4 is 0 Å². The summed E-state index contributed by atoms with van der Waals surface area (Å²) >= 11 is 0. The predicted octanol–water partition coefficient (Wildman–Crippen LogP) is 2.49. The molecule has 2 saturated heterocycles. The van der Waals surface area contributed by atoms with Crippen molar-refractivity contribution in [3.8, 4) is 0 Å². The van der Waals surface area contributed by atoms with Crippen LogP contribution < -0.4 is 5.32 Å². The number of rotatable bonds is 3. The van der Waals surface area contributed by atoms with Crippen LogP contribution in [-0.2, 0) is 9.47 Å². The second-order valence-electron chi connectivity index (χ2n) is 6.36. The van der Waals surface area contributed by atoms with Crippen LogP contribution >= 0.6 is 0 Å². The summed E-state index contributed by atoms with van der Waals surface area (Å²) in [6.07, 6.45) is 10.6. The van der Waals surface area contributed by atoms with E-state index < -0.39 is 0 Å². The molecule has 0 radical (unpaired) electrons. The molecule has 3 rings (SSSR count). The molecule has 3 aliphatic rings. The third kappa shape index (κ3) is 2.45. The van der Waals surface area contributed by atoms with Crippen molar-refractivity contribution in [1.29, 1.82) is 0 Å². The molecule has 3 unspecified atom stereocenters. The lowest BCUT2D eigenvalue weighted by atomic mass is 9.69. The average Bonchev–Trinajstić information content (AvgIpc) is 2.39. The van der Waals surface area contributed by atoms with Crippen LogP contribution in [0.15, 0.2) is 0 Å². The van der Waals surface area contributed by atoms with E-state index in [4.69, 9.17) is 9.47 Å². The van der Waals surface area contributed by atoms with Crippen LogP contribution in [0, 0.1) is 5.92 Å². The summed E-state index contributed by atoms with van der Waals surface area (Å²) in [5.74, 6) is 0.743. The van der Waals surface area contributed by atoms with Gasteiger partial charge in [0.25, 0.3) is 0 Å². The number of hydrogen-bond acceptors (Lipinski definition) is 3. The fraction of sp³-hybridized carbons (Fsp3) is 1.00. The molecule has 0 aromatic carbocycles. The average molecular weight is 253 g/mol. The molecule has 0 amide bonds. The number of hydrogen-bond donors (Lipinski definition) is 1. The Morgan fingerprint density at radius 3 is 2.61 bits per heavy atom. The Labute approximate surface area is 111 Å². The van der Waals surface area contributed by atoms with Gasteiger partial charge in [-0.1, -0.05) is 0 Å². The largest absolute Gasteiger partial charge is 0.377 e. The van der Waals surface area contributed by atoms with Gasteiger partial charge in [-0.2, -0.15) is 0 Å². The molecule has 18 heavy (non-hydrogen) atoms. The molecular weight excluding hydrogens is 226 g/mol. The van der Waals surface area contributed by atoms with E-state index >= 15 is 0 Å². The molecule has 1 saturated carbocycles.